The van der Waals surface area contributed by atoms with E-state index in [1.54, 1.807) is 4.90 Å². The van der Waals surface area contributed by atoms with Gasteiger partial charge < -0.3 is 25.0 Å². The van der Waals surface area contributed by atoms with Crippen molar-refractivity contribution < 1.29 is 24.2 Å². The molecule has 25 heavy (non-hydrogen) atoms. The molecule has 1 saturated heterocycles. The third-order valence-electron chi connectivity index (χ3n) is 3.92. The van der Waals surface area contributed by atoms with Gasteiger partial charge in [-0.2, -0.15) is 0 Å². The van der Waals surface area contributed by atoms with E-state index in [9.17, 15) is 14.4 Å². The molecule has 1 aromatic carbocycles. The summed E-state index contributed by atoms with van der Waals surface area (Å²) in [7, 11) is 1.53. The number of ether oxygens (including phenoxy) is 1. The van der Waals surface area contributed by atoms with Crippen molar-refractivity contribution in [1.29, 1.82) is 0 Å². The van der Waals surface area contributed by atoms with Crippen molar-refractivity contribution in [2.45, 2.75) is 18.9 Å². The van der Waals surface area contributed by atoms with Crippen molar-refractivity contribution in [2.75, 3.05) is 33.3 Å². The molecule has 1 aromatic rings. The molecule has 1 aliphatic heterocycles. The Kier molecular flexibility index (Phi) is 6.62. The second-order valence-electron chi connectivity index (χ2n) is 5.92. The van der Waals surface area contributed by atoms with Gasteiger partial charge in [0.25, 0.3) is 0 Å². The number of nitrogens with one attached hydrogen (secondary N) is 1. The summed E-state index contributed by atoms with van der Waals surface area (Å²) >= 11 is 0. The highest BCUT2D eigenvalue weighted by molar-refractivity contribution is 5.81. The molecule has 2 N–H and O–H groups in total. The van der Waals surface area contributed by atoms with Crippen molar-refractivity contribution in [2.24, 2.45) is 0 Å². The lowest BCUT2D eigenvalue weighted by Crippen LogP contribution is -2.45. The molecule has 1 aliphatic rings. The molecule has 0 aliphatic carbocycles. The fourth-order valence-corrected chi connectivity index (χ4v) is 2.53. The maximum Gasteiger partial charge on any atom is 0.317 e. The Hall–Kier alpha value is -2.77. The fourth-order valence-electron chi connectivity index (χ4n) is 2.53. The summed E-state index contributed by atoms with van der Waals surface area (Å²) in [5.74, 6) is -0.241. The van der Waals surface area contributed by atoms with Crippen molar-refractivity contribution in [1.82, 2.24) is 15.1 Å². The van der Waals surface area contributed by atoms with Gasteiger partial charge in [-0.05, 0) is 12.1 Å². The molecule has 8 heteroatoms. The second-order valence-corrected chi connectivity index (χ2v) is 5.92. The molecule has 1 unspecified atom stereocenters. The Morgan fingerprint density at radius 3 is 2.76 bits per heavy atom. The molecule has 0 spiro atoms. The fraction of sp³-hybridized carbons (Fsp3) is 0.471. The average Bonchev–Trinajstić information content (AvgIpc) is 2.93. The van der Waals surface area contributed by atoms with Gasteiger partial charge in [0.15, 0.2) is 0 Å². The highest BCUT2D eigenvalue weighted by Crippen LogP contribution is 2.12. The van der Waals surface area contributed by atoms with Crippen molar-refractivity contribution >= 4 is 17.9 Å². The summed E-state index contributed by atoms with van der Waals surface area (Å²) in [6, 6.07) is 8.71. The summed E-state index contributed by atoms with van der Waals surface area (Å²) < 4.78 is 5.58. The SMILES string of the molecule is CN(CCC(=O)O)C(=O)NC1CC(=O)N(CCOc2ccccc2)C1. The lowest BCUT2D eigenvalue weighted by molar-refractivity contribution is -0.137. The molecular formula is C17H23N3O5. The molecule has 0 radical (unpaired) electrons. The van der Waals surface area contributed by atoms with Gasteiger partial charge >= 0.3 is 12.0 Å². The Labute approximate surface area is 146 Å². The summed E-state index contributed by atoms with van der Waals surface area (Å²) in [6.45, 7) is 1.38. The Morgan fingerprint density at radius 1 is 1.36 bits per heavy atom. The molecule has 2 rings (SSSR count). The first-order chi connectivity index (χ1) is 12.0. The summed E-state index contributed by atoms with van der Waals surface area (Å²) in [6.07, 6.45) is 0.125. The number of hydrogen-bond acceptors (Lipinski definition) is 4. The van der Waals surface area contributed by atoms with Crippen molar-refractivity contribution in [3.05, 3.63) is 30.3 Å². The van der Waals surface area contributed by atoms with Crippen molar-refractivity contribution in [3.63, 3.8) is 0 Å². The zero-order valence-electron chi connectivity index (χ0n) is 14.2. The van der Waals surface area contributed by atoms with Gasteiger partial charge in [0.05, 0.1) is 19.0 Å². The minimum Gasteiger partial charge on any atom is -0.492 e. The minimum atomic E-state index is -0.958. The number of benzene rings is 1. The zero-order chi connectivity index (χ0) is 18.2. The molecule has 1 fully saturated rings. The summed E-state index contributed by atoms with van der Waals surface area (Å²) in [5, 5.41) is 11.4. The number of amides is 3. The lowest BCUT2D eigenvalue weighted by Gasteiger charge is -2.21. The predicted octanol–water partition coefficient (Wildman–Crippen LogP) is 0.782. The number of carbonyl (C=O) groups excluding carboxylic acids is 2. The number of carboxylic acids is 1. The number of carboxylic acid groups (broad SMARTS) is 1. The highest BCUT2D eigenvalue weighted by atomic mass is 16.5. The Morgan fingerprint density at radius 2 is 2.08 bits per heavy atom. The van der Waals surface area contributed by atoms with E-state index in [-0.39, 0.29) is 37.4 Å². The quantitative estimate of drug-likeness (QED) is 0.723. The number of urea groups is 1. The first kappa shape index (κ1) is 18.6. The molecule has 1 atom stereocenters. The average molecular weight is 349 g/mol. The van der Waals surface area contributed by atoms with Gasteiger partial charge in [0, 0.05) is 26.6 Å². The number of rotatable bonds is 8. The largest absolute Gasteiger partial charge is 0.492 e. The predicted molar refractivity (Wildman–Crippen MR) is 90.3 cm³/mol. The number of likely N-dealkylation sites (tertiary alicyclic amines) is 1. The highest BCUT2D eigenvalue weighted by Gasteiger charge is 2.30. The number of nitrogens with zero attached hydrogens (tertiary/aromatic N) is 2. The lowest BCUT2D eigenvalue weighted by atomic mass is 10.2. The molecule has 1 heterocycles. The van der Waals surface area contributed by atoms with Gasteiger partial charge in [-0.1, -0.05) is 18.2 Å². The zero-order valence-corrected chi connectivity index (χ0v) is 14.2. The van der Waals surface area contributed by atoms with Gasteiger partial charge in [0.1, 0.15) is 12.4 Å². The molecule has 8 nitrogen and oxygen atoms in total. The second kappa shape index (κ2) is 8.91. The van der Waals surface area contributed by atoms with Crippen LogP contribution >= 0.6 is 0 Å². The van der Waals surface area contributed by atoms with Crippen LogP contribution in [0.1, 0.15) is 12.8 Å². The van der Waals surface area contributed by atoms with Crippen LogP contribution in [0, 0.1) is 0 Å². The third kappa shape index (κ3) is 5.98. The van der Waals surface area contributed by atoms with E-state index in [4.69, 9.17) is 9.84 Å². The van der Waals surface area contributed by atoms with Gasteiger partial charge in [-0.25, -0.2) is 4.79 Å². The van der Waals surface area contributed by atoms with Gasteiger partial charge in [-0.3, -0.25) is 9.59 Å². The first-order valence-corrected chi connectivity index (χ1v) is 8.14. The van der Waals surface area contributed by atoms with Crippen LogP contribution in [0.5, 0.6) is 5.75 Å². The standard InChI is InChI=1S/C17H23N3O5/c1-19(8-7-16(22)23)17(24)18-13-11-15(21)20(12-13)9-10-25-14-5-3-2-4-6-14/h2-6,13H,7-12H2,1H3,(H,18,24)(H,22,23). The molecule has 0 bridgehead atoms. The van der Waals surface area contributed by atoms with E-state index < -0.39 is 5.97 Å². The number of hydrogen-bond donors (Lipinski definition) is 2. The molecule has 136 valence electrons. The normalized spacial score (nSPS) is 16.6. The first-order valence-electron chi connectivity index (χ1n) is 8.14. The van der Waals surface area contributed by atoms with E-state index in [1.807, 2.05) is 30.3 Å². The maximum atomic E-state index is 12.0. The van der Waals surface area contributed by atoms with E-state index in [0.717, 1.165) is 5.75 Å². The van der Waals surface area contributed by atoms with Crippen LogP contribution in [0.3, 0.4) is 0 Å². The summed E-state index contributed by atoms with van der Waals surface area (Å²) in [4.78, 5) is 37.5. The molecular weight excluding hydrogens is 326 g/mol. The van der Waals surface area contributed by atoms with Crippen LogP contribution < -0.4 is 10.1 Å². The van der Waals surface area contributed by atoms with E-state index in [1.165, 1.54) is 11.9 Å². The van der Waals surface area contributed by atoms with Crippen LogP contribution in [-0.4, -0.2) is 72.1 Å². The van der Waals surface area contributed by atoms with E-state index >= 15 is 0 Å². The van der Waals surface area contributed by atoms with Crippen LogP contribution in [-0.2, 0) is 9.59 Å². The molecule has 3 amide bonds. The van der Waals surface area contributed by atoms with Crippen LogP contribution in [0.2, 0.25) is 0 Å². The topological polar surface area (TPSA) is 99.2 Å². The smallest absolute Gasteiger partial charge is 0.317 e. The molecule has 0 aromatic heterocycles. The number of aliphatic carboxylic acids is 1. The Bertz CT molecular complexity index is 608. The monoisotopic (exact) mass is 349 g/mol. The van der Waals surface area contributed by atoms with E-state index in [0.29, 0.717) is 19.7 Å². The van der Waals surface area contributed by atoms with Crippen molar-refractivity contribution in [3.8, 4) is 5.75 Å². The van der Waals surface area contributed by atoms with Crippen LogP contribution in [0.4, 0.5) is 4.79 Å². The van der Waals surface area contributed by atoms with Crippen LogP contribution in [0.15, 0.2) is 30.3 Å². The van der Waals surface area contributed by atoms with Crippen LogP contribution in [0.25, 0.3) is 0 Å². The van der Waals surface area contributed by atoms with Gasteiger partial charge in [-0.15, -0.1) is 0 Å². The van der Waals surface area contributed by atoms with E-state index in [2.05, 4.69) is 5.32 Å². The molecule has 0 saturated carbocycles. The summed E-state index contributed by atoms with van der Waals surface area (Å²) in [5.41, 5.74) is 0. The number of carbonyl (C=O) groups is 3. The number of para-hydroxylation sites is 1. The Balaban J connectivity index is 1.72. The third-order valence-corrected chi connectivity index (χ3v) is 3.92. The maximum absolute atomic E-state index is 12.0. The minimum absolute atomic E-state index is 0.0323. The van der Waals surface area contributed by atoms with Gasteiger partial charge in [0.2, 0.25) is 5.91 Å².